The Labute approximate surface area is 176 Å². The molecular formula is C24H17F3N2O2. The van der Waals surface area contributed by atoms with Gasteiger partial charge in [-0.1, -0.05) is 30.3 Å². The van der Waals surface area contributed by atoms with Crippen LogP contribution in [-0.2, 0) is 11.2 Å². The van der Waals surface area contributed by atoms with Gasteiger partial charge in [0.2, 0.25) is 5.91 Å². The number of halogens is 3. The van der Waals surface area contributed by atoms with Crippen LogP contribution in [0.1, 0.15) is 12.3 Å². The quantitative estimate of drug-likeness (QED) is 0.415. The largest absolute Gasteiger partial charge is 0.441 e. The molecule has 0 atom stereocenters. The number of nitrogens with zero attached hydrogens (tertiary/aromatic N) is 1. The molecule has 4 nitrogen and oxygen atoms in total. The molecule has 0 aliphatic rings. The molecule has 0 radical (unpaired) electrons. The maximum atomic E-state index is 14.4. The van der Waals surface area contributed by atoms with E-state index < -0.39 is 17.5 Å². The topological polar surface area (TPSA) is 55.1 Å². The monoisotopic (exact) mass is 422 g/mol. The summed E-state index contributed by atoms with van der Waals surface area (Å²) in [6, 6.07) is 16.3. The lowest BCUT2D eigenvalue weighted by Crippen LogP contribution is -2.14. The van der Waals surface area contributed by atoms with Gasteiger partial charge in [0.05, 0.1) is 11.9 Å². The van der Waals surface area contributed by atoms with Gasteiger partial charge in [-0.3, -0.25) is 4.79 Å². The van der Waals surface area contributed by atoms with Crippen LogP contribution in [0.3, 0.4) is 0 Å². The van der Waals surface area contributed by atoms with Crippen LogP contribution >= 0.6 is 0 Å². The molecule has 0 unspecified atom stereocenters. The Kier molecular flexibility index (Phi) is 5.84. The van der Waals surface area contributed by atoms with E-state index in [-0.39, 0.29) is 29.9 Å². The van der Waals surface area contributed by atoms with Crippen molar-refractivity contribution in [1.29, 1.82) is 0 Å². The van der Waals surface area contributed by atoms with Gasteiger partial charge in [0.25, 0.3) is 0 Å². The third-order valence-electron chi connectivity index (χ3n) is 4.65. The minimum atomic E-state index is -0.859. The normalized spacial score (nSPS) is 10.8. The molecule has 31 heavy (non-hydrogen) atoms. The van der Waals surface area contributed by atoms with Gasteiger partial charge < -0.3 is 9.73 Å². The predicted molar refractivity (Wildman–Crippen MR) is 111 cm³/mol. The second-order valence-electron chi connectivity index (χ2n) is 6.85. The Hall–Kier alpha value is -3.87. The average molecular weight is 422 g/mol. The van der Waals surface area contributed by atoms with E-state index in [1.165, 1.54) is 24.4 Å². The van der Waals surface area contributed by atoms with Crippen LogP contribution in [0.2, 0.25) is 0 Å². The Morgan fingerprint density at radius 1 is 0.903 bits per heavy atom. The van der Waals surface area contributed by atoms with Gasteiger partial charge in [-0.2, -0.15) is 0 Å². The van der Waals surface area contributed by atoms with E-state index in [0.29, 0.717) is 22.8 Å². The van der Waals surface area contributed by atoms with Gasteiger partial charge in [-0.15, -0.1) is 0 Å². The standard InChI is InChI=1S/C24H17F3N2O2/c25-17-8-6-16(7-9-17)21-14-28-23(31-21)11-10-22(30)29-24-19(12-18(26)13-20(24)27)15-4-2-1-3-5-15/h1-9,12-14H,10-11H2,(H,29,30). The number of anilines is 1. The van der Waals surface area contributed by atoms with Crippen molar-refractivity contribution in [3.8, 4) is 22.5 Å². The molecule has 0 saturated carbocycles. The maximum Gasteiger partial charge on any atom is 0.224 e. The molecule has 4 aromatic rings. The average Bonchev–Trinajstić information content (AvgIpc) is 3.24. The molecule has 3 aromatic carbocycles. The number of aromatic nitrogens is 1. The van der Waals surface area contributed by atoms with Crippen molar-refractivity contribution in [3.05, 3.63) is 96.3 Å². The molecule has 0 fully saturated rings. The number of amides is 1. The van der Waals surface area contributed by atoms with Crippen LogP contribution < -0.4 is 5.32 Å². The zero-order valence-electron chi connectivity index (χ0n) is 16.2. The second kappa shape index (κ2) is 8.87. The Morgan fingerprint density at radius 2 is 1.65 bits per heavy atom. The van der Waals surface area contributed by atoms with Crippen molar-refractivity contribution >= 4 is 11.6 Å². The van der Waals surface area contributed by atoms with Gasteiger partial charge in [-0.25, -0.2) is 18.2 Å². The molecule has 156 valence electrons. The van der Waals surface area contributed by atoms with Gasteiger partial charge in [-0.05, 0) is 35.9 Å². The highest BCUT2D eigenvalue weighted by Crippen LogP contribution is 2.31. The number of nitrogens with one attached hydrogen (secondary N) is 1. The molecule has 0 aliphatic carbocycles. The lowest BCUT2D eigenvalue weighted by atomic mass is 10.0. The van der Waals surface area contributed by atoms with E-state index in [1.54, 1.807) is 42.5 Å². The second-order valence-corrected chi connectivity index (χ2v) is 6.85. The van der Waals surface area contributed by atoms with Crippen molar-refractivity contribution in [2.75, 3.05) is 5.32 Å². The predicted octanol–water partition coefficient (Wildman–Crippen LogP) is 6.00. The summed E-state index contributed by atoms with van der Waals surface area (Å²) in [7, 11) is 0. The minimum Gasteiger partial charge on any atom is -0.441 e. The Morgan fingerprint density at radius 3 is 2.39 bits per heavy atom. The molecule has 0 bridgehead atoms. The van der Waals surface area contributed by atoms with Crippen molar-refractivity contribution < 1.29 is 22.4 Å². The highest BCUT2D eigenvalue weighted by molar-refractivity contribution is 5.95. The number of aryl methyl sites for hydroxylation is 1. The molecule has 1 heterocycles. The number of rotatable bonds is 6. The highest BCUT2D eigenvalue weighted by atomic mass is 19.1. The first-order valence-corrected chi connectivity index (χ1v) is 9.54. The molecule has 0 aliphatic heterocycles. The fourth-order valence-electron chi connectivity index (χ4n) is 3.14. The fourth-order valence-corrected chi connectivity index (χ4v) is 3.14. The number of oxazole rings is 1. The smallest absolute Gasteiger partial charge is 0.224 e. The molecule has 1 amide bonds. The molecule has 0 saturated heterocycles. The van der Waals surface area contributed by atoms with Crippen LogP contribution in [0.25, 0.3) is 22.5 Å². The molecule has 7 heteroatoms. The lowest BCUT2D eigenvalue weighted by molar-refractivity contribution is -0.116. The molecule has 4 rings (SSSR count). The summed E-state index contributed by atoms with van der Waals surface area (Å²) >= 11 is 0. The zero-order valence-corrected chi connectivity index (χ0v) is 16.2. The zero-order chi connectivity index (χ0) is 21.8. The van der Waals surface area contributed by atoms with E-state index in [2.05, 4.69) is 10.3 Å². The first-order chi connectivity index (χ1) is 15.0. The SMILES string of the molecule is O=C(CCc1ncc(-c2ccc(F)cc2)o1)Nc1c(F)cc(F)cc1-c1ccccc1. The third-order valence-corrected chi connectivity index (χ3v) is 4.65. The van der Waals surface area contributed by atoms with Crippen molar-refractivity contribution in [3.63, 3.8) is 0 Å². The molecular weight excluding hydrogens is 405 g/mol. The highest BCUT2D eigenvalue weighted by Gasteiger charge is 2.16. The number of carbonyl (C=O) groups is 1. The van der Waals surface area contributed by atoms with Crippen LogP contribution in [-0.4, -0.2) is 10.9 Å². The minimum absolute atomic E-state index is 0.0194. The Bertz CT molecular complexity index is 1210. The van der Waals surface area contributed by atoms with Crippen LogP contribution in [0, 0.1) is 17.5 Å². The third kappa shape index (κ3) is 4.83. The molecule has 1 aromatic heterocycles. The van der Waals surface area contributed by atoms with Crippen molar-refractivity contribution in [1.82, 2.24) is 4.98 Å². The summed E-state index contributed by atoms with van der Waals surface area (Å²) in [4.78, 5) is 16.6. The summed E-state index contributed by atoms with van der Waals surface area (Å²) in [5, 5.41) is 2.53. The van der Waals surface area contributed by atoms with Gasteiger partial charge in [0.1, 0.15) is 17.5 Å². The van der Waals surface area contributed by atoms with Crippen LogP contribution in [0.4, 0.5) is 18.9 Å². The van der Waals surface area contributed by atoms with E-state index in [1.807, 2.05) is 0 Å². The fraction of sp³-hybridized carbons (Fsp3) is 0.0833. The Balaban J connectivity index is 1.46. The van der Waals surface area contributed by atoms with Gasteiger partial charge in [0.15, 0.2) is 11.7 Å². The summed E-state index contributed by atoms with van der Waals surface area (Å²) in [6.07, 6.45) is 1.65. The van der Waals surface area contributed by atoms with E-state index in [0.717, 1.165) is 6.07 Å². The summed E-state index contributed by atoms with van der Waals surface area (Å²) in [6.45, 7) is 0. The molecule has 0 spiro atoms. The van der Waals surface area contributed by atoms with E-state index >= 15 is 0 Å². The van der Waals surface area contributed by atoms with Gasteiger partial charge in [0, 0.05) is 30.0 Å². The van der Waals surface area contributed by atoms with Crippen molar-refractivity contribution in [2.24, 2.45) is 0 Å². The number of hydrogen-bond acceptors (Lipinski definition) is 3. The maximum absolute atomic E-state index is 14.4. The number of benzene rings is 3. The first-order valence-electron chi connectivity index (χ1n) is 9.54. The van der Waals surface area contributed by atoms with Crippen LogP contribution in [0.5, 0.6) is 0 Å². The number of carbonyl (C=O) groups excluding carboxylic acids is 1. The van der Waals surface area contributed by atoms with Crippen molar-refractivity contribution in [2.45, 2.75) is 12.8 Å². The summed E-state index contributed by atoms with van der Waals surface area (Å²) < 4.78 is 46.8. The summed E-state index contributed by atoms with van der Waals surface area (Å²) in [5.74, 6) is -1.65. The van der Waals surface area contributed by atoms with E-state index in [9.17, 15) is 18.0 Å². The van der Waals surface area contributed by atoms with Crippen LogP contribution in [0.15, 0.2) is 77.3 Å². The van der Waals surface area contributed by atoms with E-state index in [4.69, 9.17) is 4.42 Å². The molecule has 1 N–H and O–H groups in total. The summed E-state index contributed by atoms with van der Waals surface area (Å²) in [5.41, 5.74) is 1.40. The lowest BCUT2D eigenvalue weighted by Gasteiger charge is -2.12. The van der Waals surface area contributed by atoms with Gasteiger partial charge >= 0.3 is 0 Å². The number of hydrogen-bond donors (Lipinski definition) is 1. The first kappa shape index (κ1) is 20.4.